The van der Waals surface area contributed by atoms with E-state index in [1.165, 1.54) is 0 Å². The summed E-state index contributed by atoms with van der Waals surface area (Å²) in [5.74, 6) is -0.178. The van der Waals surface area contributed by atoms with Crippen molar-refractivity contribution >= 4 is 22.7 Å². The Morgan fingerprint density at radius 2 is 1.86 bits per heavy atom. The molecule has 6 nitrogen and oxygen atoms in total. The molecule has 28 heavy (non-hydrogen) atoms. The van der Waals surface area contributed by atoms with E-state index in [9.17, 15) is 9.59 Å². The van der Waals surface area contributed by atoms with E-state index < -0.39 is 0 Å². The number of benzene rings is 2. The number of aromatic nitrogens is 2. The fourth-order valence-corrected chi connectivity index (χ4v) is 3.69. The number of para-hydroxylation sites is 1. The van der Waals surface area contributed by atoms with Gasteiger partial charge in [0.25, 0.3) is 5.91 Å². The summed E-state index contributed by atoms with van der Waals surface area (Å²) in [6.45, 7) is 4.13. The topological polar surface area (TPSA) is 67.2 Å². The molecule has 0 bridgehead atoms. The minimum absolute atomic E-state index is 0.0485. The Hall–Kier alpha value is -3.15. The number of fused-ring (bicyclic) bond motifs is 1. The Bertz CT molecular complexity index is 1020. The molecule has 1 aliphatic rings. The third-order valence-corrected chi connectivity index (χ3v) is 5.12. The van der Waals surface area contributed by atoms with E-state index in [-0.39, 0.29) is 18.4 Å². The van der Waals surface area contributed by atoms with Gasteiger partial charge in [-0.2, -0.15) is 5.10 Å². The summed E-state index contributed by atoms with van der Waals surface area (Å²) in [5.41, 5.74) is 3.46. The van der Waals surface area contributed by atoms with Crippen molar-refractivity contribution in [3.63, 3.8) is 0 Å². The minimum Gasteiger partial charge on any atom is -0.350 e. The zero-order chi connectivity index (χ0) is 19.5. The molecule has 1 saturated heterocycles. The smallest absolute Gasteiger partial charge is 0.275 e. The first kappa shape index (κ1) is 18.2. The van der Waals surface area contributed by atoms with Crippen LogP contribution in [-0.2, 0) is 17.9 Å². The molecule has 2 heterocycles. The van der Waals surface area contributed by atoms with E-state index in [2.05, 4.69) is 16.5 Å². The molecule has 2 amide bonds. The third kappa shape index (κ3) is 3.76. The molecule has 3 aromatic rings. The van der Waals surface area contributed by atoms with Gasteiger partial charge in [0.1, 0.15) is 6.54 Å². The number of nitrogens with one attached hydrogen (secondary N) is 1. The fraction of sp³-hybridized carbons (Fsp3) is 0.318. The quantitative estimate of drug-likeness (QED) is 0.745. The minimum atomic E-state index is -0.130. The third-order valence-electron chi connectivity index (χ3n) is 5.12. The van der Waals surface area contributed by atoms with Gasteiger partial charge in [-0.15, -0.1) is 0 Å². The largest absolute Gasteiger partial charge is 0.350 e. The molecule has 2 aromatic carbocycles. The molecule has 144 valence electrons. The van der Waals surface area contributed by atoms with Gasteiger partial charge in [-0.05, 0) is 31.4 Å². The van der Waals surface area contributed by atoms with Crippen LogP contribution >= 0.6 is 0 Å². The first-order valence-electron chi connectivity index (χ1n) is 9.69. The number of likely N-dealkylation sites (tertiary alicyclic amines) is 1. The first-order valence-corrected chi connectivity index (χ1v) is 9.69. The molecule has 0 atom stereocenters. The molecule has 0 unspecified atom stereocenters. The van der Waals surface area contributed by atoms with E-state index in [0.29, 0.717) is 12.2 Å². The summed E-state index contributed by atoms with van der Waals surface area (Å²) >= 11 is 0. The molecular formula is C22H24N4O2. The Morgan fingerprint density at radius 1 is 1.07 bits per heavy atom. The number of hydrogen-bond donors (Lipinski definition) is 1. The Balaban J connectivity index is 1.52. The number of amides is 2. The van der Waals surface area contributed by atoms with Crippen LogP contribution < -0.4 is 5.32 Å². The van der Waals surface area contributed by atoms with Gasteiger partial charge in [0.2, 0.25) is 5.91 Å². The number of hydrogen-bond acceptors (Lipinski definition) is 3. The molecule has 1 N–H and O–H groups in total. The summed E-state index contributed by atoms with van der Waals surface area (Å²) in [6.07, 6.45) is 2.07. The number of aryl methyl sites for hydroxylation is 1. The maximum Gasteiger partial charge on any atom is 0.275 e. The summed E-state index contributed by atoms with van der Waals surface area (Å²) < 4.78 is 1.63. The Morgan fingerprint density at radius 3 is 2.64 bits per heavy atom. The highest BCUT2D eigenvalue weighted by molar-refractivity contribution is 6.05. The highest BCUT2D eigenvalue weighted by Crippen LogP contribution is 2.21. The van der Waals surface area contributed by atoms with Crippen molar-refractivity contribution in [1.82, 2.24) is 20.0 Å². The van der Waals surface area contributed by atoms with Crippen LogP contribution in [0.3, 0.4) is 0 Å². The molecule has 1 aliphatic heterocycles. The van der Waals surface area contributed by atoms with Gasteiger partial charge in [0.05, 0.1) is 5.52 Å². The molecule has 6 heteroatoms. The monoisotopic (exact) mass is 376 g/mol. The standard InChI is InChI=1S/C22H24N4O2/c1-16-7-6-8-17(13-16)14-23-20(27)15-26-19-10-3-2-9-18(19)21(24-26)22(28)25-11-4-5-12-25/h2-3,6-10,13H,4-5,11-12,14-15H2,1H3,(H,23,27). The fourth-order valence-electron chi connectivity index (χ4n) is 3.69. The second-order valence-electron chi connectivity index (χ2n) is 7.29. The van der Waals surface area contributed by atoms with Crippen molar-refractivity contribution < 1.29 is 9.59 Å². The van der Waals surface area contributed by atoms with Crippen LogP contribution in [-0.4, -0.2) is 39.6 Å². The van der Waals surface area contributed by atoms with Crippen molar-refractivity contribution in [2.75, 3.05) is 13.1 Å². The highest BCUT2D eigenvalue weighted by atomic mass is 16.2. The van der Waals surface area contributed by atoms with Crippen molar-refractivity contribution in [1.29, 1.82) is 0 Å². The van der Waals surface area contributed by atoms with Crippen molar-refractivity contribution in [2.24, 2.45) is 0 Å². The van der Waals surface area contributed by atoms with Crippen LogP contribution in [0.15, 0.2) is 48.5 Å². The van der Waals surface area contributed by atoms with E-state index >= 15 is 0 Å². The van der Waals surface area contributed by atoms with E-state index in [4.69, 9.17) is 0 Å². The number of rotatable bonds is 5. The van der Waals surface area contributed by atoms with Gasteiger partial charge in [0, 0.05) is 25.0 Å². The first-order chi connectivity index (χ1) is 13.6. The molecule has 4 rings (SSSR count). The van der Waals surface area contributed by atoms with Crippen LogP contribution in [0.25, 0.3) is 10.9 Å². The summed E-state index contributed by atoms with van der Waals surface area (Å²) in [4.78, 5) is 27.2. The van der Waals surface area contributed by atoms with Gasteiger partial charge in [0.15, 0.2) is 5.69 Å². The number of nitrogens with zero attached hydrogens (tertiary/aromatic N) is 3. The van der Waals surface area contributed by atoms with Gasteiger partial charge >= 0.3 is 0 Å². The summed E-state index contributed by atoms with van der Waals surface area (Å²) in [6, 6.07) is 15.6. The number of carbonyl (C=O) groups is 2. The SMILES string of the molecule is Cc1cccc(CNC(=O)Cn2nc(C(=O)N3CCCC3)c3ccccc32)c1. The second kappa shape index (κ2) is 7.84. The van der Waals surface area contributed by atoms with Crippen molar-refractivity contribution in [3.05, 3.63) is 65.4 Å². The lowest BCUT2D eigenvalue weighted by atomic mass is 10.1. The lowest BCUT2D eigenvalue weighted by Gasteiger charge is -2.13. The van der Waals surface area contributed by atoms with Gasteiger partial charge in [-0.25, -0.2) is 0 Å². The predicted molar refractivity (Wildman–Crippen MR) is 108 cm³/mol. The van der Waals surface area contributed by atoms with Crippen LogP contribution in [0.2, 0.25) is 0 Å². The zero-order valence-electron chi connectivity index (χ0n) is 16.0. The average Bonchev–Trinajstić information content (AvgIpc) is 3.35. The molecule has 0 saturated carbocycles. The van der Waals surface area contributed by atoms with Gasteiger partial charge in [-0.1, -0.05) is 48.0 Å². The molecule has 1 aromatic heterocycles. The normalized spacial score (nSPS) is 13.8. The van der Waals surface area contributed by atoms with Gasteiger partial charge in [-0.3, -0.25) is 14.3 Å². The molecule has 0 spiro atoms. The van der Waals surface area contributed by atoms with E-state index in [1.807, 2.05) is 54.3 Å². The Kier molecular flexibility index (Phi) is 5.10. The summed E-state index contributed by atoms with van der Waals surface area (Å²) in [7, 11) is 0. The highest BCUT2D eigenvalue weighted by Gasteiger charge is 2.25. The molecule has 0 aliphatic carbocycles. The Labute approximate surface area is 164 Å². The van der Waals surface area contributed by atoms with E-state index in [0.717, 1.165) is 48.0 Å². The maximum atomic E-state index is 12.9. The lowest BCUT2D eigenvalue weighted by molar-refractivity contribution is -0.121. The molecular weight excluding hydrogens is 352 g/mol. The number of carbonyl (C=O) groups excluding carboxylic acids is 2. The van der Waals surface area contributed by atoms with Crippen LogP contribution in [0.1, 0.15) is 34.5 Å². The lowest BCUT2D eigenvalue weighted by Crippen LogP contribution is -2.29. The van der Waals surface area contributed by atoms with Crippen LogP contribution in [0.5, 0.6) is 0 Å². The second-order valence-corrected chi connectivity index (χ2v) is 7.29. The van der Waals surface area contributed by atoms with E-state index in [1.54, 1.807) is 4.68 Å². The summed E-state index contributed by atoms with van der Waals surface area (Å²) in [5, 5.41) is 8.24. The molecule has 1 fully saturated rings. The average molecular weight is 376 g/mol. The van der Waals surface area contributed by atoms with Crippen molar-refractivity contribution in [3.8, 4) is 0 Å². The van der Waals surface area contributed by atoms with Gasteiger partial charge < -0.3 is 10.2 Å². The predicted octanol–water partition coefficient (Wildman–Crippen LogP) is 2.90. The van der Waals surface area contributed by atoms with Crippen LogP contribution in [0.4, 0.5) is 0 Å². The maximum absolute atomic E-state index is 12.9. The molecule has 0 radical (unpaired) electrons. The van der Waals surface area contributed by atoms with Crippen molar-refractivity contribution in [2.45, 2.75) is 32.9 Å². The van der Waals surface area contributed by atoms with Crippen LogP contribution in [0, 0.1) is 6.92 Å². The zero-order valence-corrected chi connectivity index (χ0v) is 16.0.